The highest BCUT2D eigenvalue weighted by atomic mass is 32.1. The molecule has 0 aliphatic carbocycles. The molecule has 0 unspecified atom stereocenters. The Hall–Kier alpha value is -1.26. The standard InChI is InChI=1S/C14H17N3S/c1-17-8-4-12(5-9-17)14-16-10-13(18-14)11-2-6-15-7-3-11/h2-3,6-7,10,12H,4-5,8-9H2,1H3. The van der Waals surface area contributed by atoms with Crippen molar-refractivity contribution in [3.8, 4) is 10.4 Å². The van der Waals surface area contributed by atoms with Crippen molar-refractivity contribution in [1.82, 2.24) is 14.9 Å². The summed E-state index contributed by atoms with van der Waals surface area (Å²) in [5.74, 6) is 0.654. The molecule has 94 valence electrons. The van der Waals surface area contributed by atoms with Gasteiger partial charge in [0.05, 0.1) is 9.88 Å². The molecule has 0 atom stereocenters. The molecule has 1 saturated heterocycles. The van der Waals surface area contributed by atoms with Crippen molar-refractivity contribution >= 4 is 11.3 Å². The fourth-order valence-electron chi connectivity index (χ4n) is 2.38. The number of hydrogen-bond acceptors (Lipinski definition) is 4. The minimum Gasteiger partial charge on any atom is -0.306 e. The lowest BCUT2D eigenvalue weighted by atomic mass is 9.98. The molecular weight excluding hydrogens is 242 g/mol. The Labute approximate surface area is 112 Å². The number of rotatable bonds is 2. The van der Waals surface area contributed by atoms with Crippen LogP contribution in [0.5, 0.6) is 0 Å². The molecule has 0 amide bonds. The maximum Gasteiger partial charge on any atom is 0.0963 e. The quantitative estimate of drug-likeness (QED) is 0.830. The third-order valence-corrected chi connectivity index (χ3v) is 4.77. The predicted molar refractivity (Wildman–Crippen MR) is 74.8 cm³/mol. The molecule has 4 heteroatoms. The molecule has 0 radical (unpaired) electrons. The maximum atomic E-state index is 4.62. The molecular formula is C14H17N3S. The van der Waals surface area contributed by atoms with Crippen molar-refractivity contribution < 1.29 is 0 Å². The van der Waals surface area contributed by atoms with Gasteiger partial charge in [0, 0.05) is 24.5 Å². The van der Waals surface area contributed by atoms with E-state index in [0.717, 1.165) is 0 Å². The van der Waals surface area contributed by atoms with Crippen molar-refractivity contribution in [3.05, 3.63) is 35.7 Å². The summed E-state index contributed by atoms with van der Waals surface area (Å²) < 4.78 is 0. The highest BCUT2D eigenvalue weighted by Crippen LogP contribution is 2.34. The van der Waals surface area contributed by atoms with Gasteiger partial charge in [0.15, 0.2) is 0 Å². The van der Waals surface area contributed by atoms with Crippen LogP contribution in [-0.4, -0.2) is 35.0 Å². The molecule has 0 N–H and O–H groups in total. The zero-order valence-electron chi connectivity index (χ0n) is 10.5. The molecule has 2 aromatic heterocycles. The van der Waals surface area contributed by atoms with Crippen LogP contribution in [0.2, 0.25) is 0 Å². The monoisotopic (exact) mass is 259 g/mol. The third-order valence-electron chi connectivity index (χ3n) is 3.56. The van der Waals surface area contributed by atoms with Crippen molar-refractivity contribution in [2.24, 2.45) is 0 Å². The van der Waals surface area contributed by atoms with E-state index < -0.39 is 0 Å². The van der Waals surface area contributed by atoms with Crippen molar-refractivity contribution in [2.75, 3.05) is 20.1 Å². The Kier molecular flexibility index (Phi) is 3.39. The average Bonchev–Trinajstić information content (AvgIpc) is 2.90. The van der Waals surface area contributed by atoms with E-state index in [1.165, 1.54) is 41.4 Å². The fraction of sp³-hybridized carbons (Fsp3) is 0.429. The Morgan fingerprint density at radius 2 is 1.94 bits per heavy atom. The van der Waals surface area contributed by atoms with Gasteiger partial charge in [-0.3, -0.25) is 4.98 Å². The van der Waals surface area contributed by atoms with Gasteiger partial charge in [0.2, 0.25) is 0 Å². The molecule has 0 aromatic carbocycles. The van der Waals surface area contributed by atoms with Crippen LogP contribution < -0.4 is 0 Å². The number of likely N-dealkylation sites (tertiary alicyclic amines) is 1. The lowest BCUT2D eigenvalue weighted by molar-refractivity contribution is 0.255. The Morgan fingerprint density at radius 1 is 1.22 bits per heavy atom. The van der Waals surface area contributed by atoms with E-state index in [9.17, 15) is 0 Å². The van der Waals surface area contributed by atoms with Gasteiger partial charge in [-0.25, -0.2) is 4.98 Å². The number of thiazole rings is 1. The highest BCUT2D eigenvalue weighted by Gasteiger charge is 2.21. The number of nitrogens with zero attached hydrogens (tertiary/aromatic N) is 3. The van der Waals surface area contributed by atoms with Gasteiger partial charge in [0.25, 0.3) is 0 Å². The van der Waals surface area contributed by atoms with Gasteiger partial charge in [0.1, 0.15) is 0 Å². The van der Waals surface area contributed by atoms with Gasteiger partial charge in [-0.2, -0.15) is 0 Å². The first kappa shape index (κ1) is 11.8. The summed E-state index contributed by atoms with van der Waals surface area (Å²) in [4.78, 5) is 12.3. The lowest BCUT2D eigenvalue weighted by Gasteiger charge is -2.27. The van der Waals surface area contributed by atoms with Crippen LogP contribution in [0.25, 0.3) is 10.4 Å². The van der Waals surface area contributed by atoms with Gasteiger partial charge in [-0.1, -0.05) is 0 Å². The molecule has 2 aromatic rings. The summed E-state index contributed by atoms with van der Waals surface area (Å²) in [7, 11) is 2.19. The molecule has 0 saturated carbocycles. The van der Waals surface area contributed by atoms with Crippen LogP contribution in [0.1, 0.15) is 23.8 Å². The number of pyridine rings is 1. The van der Waals surface area contributed by atoms with Crippen LogP contribution >= 0.6 is 11.3 Å². The van der Waals surface area contributed by atoms with Crippen molar-refractivity contribution in [1.29, 1.82) is 0 Å². The molecule has 0 bridgehead atoms. The summed E-state index contributed by atoms with van der Waals surface area (Å²) in [6.07, 6.45) is 8.15. The average molecular weight is 259 g/mol. The van der Waals surface area contributed by atoms with Crippen LogP contribution in [0.3, 0.4) is 0 Å². The molecule has 1 aliphatic rings. The topological polar surface area (TPSA) is 29.0 Å². The van der Waals surface area contributed by atoms with Crippen LogP contribution in [0.4, 0.5) is 0 Å². The van der Waals surface area contributed by atoms with Crippen molar-refractivity contribution in [2.45, 2.75) is 18.8 Å². The summed E-state index contributed by atoms with van der Waals surface area (Å²) in [5.41, 5.74) is 1.22. The number of piperidine rings is 1. The zero-order chi connectivity index (χ0) is 12.4. The van der Waals surface area contributed by atoms with Gasteiger partial charge in [-0.05, 0) is 50.7 Å². The van der Waals surface area contributed by atoms with E-state index in [4.69, 9.17) is 0 Å². The first-order chi connectivity index (χ1) is 8.83. The van der Waals surface area contributed by atoms with E-state index in [1.807, 2.05) is 42.1 Å². The predicted octanol–water partition coefficient (Wildman–Crippen LogP) is 3.01. The van der Waals surface area contributed by atoms with E-state index in [0.29, 0.717) is 5.92 Å². The van der Waals surface area contributed by atoms with Crippen LogP contribution in [0, 0.1) is 0 Å². The van der Waals surface area contributed by atoms with Gasteiger partial charge in [-0.15, -0.1) is 11.3 Å². The smallest absolute Gasteiger partial charge is 0.0963 e. The normalized spacial score (nSPS) is 18.1. The number of aromatic nitrogens is 2. The summed E-state index contributed by atoms with van der Waals surface area (Å²) in [6.45, 7) is 2.38. The molecule has 3 rings (SSSR count). The van der Waals surface area contributed by atoms with E-state index in [2.05, 4.69) is 21.9 Å². The summed E-state index contributed by atoms with van der Waals surface area (Å²) >= 11 is 1.84. The van der Waals surface area contributed by atoms with Crippen LogP contribution in [0.15, 0.2) is 30.7 Å². The SMILES string of the molecule is CN1CCC(c2ncc(-c3ccncc3)s2)CC1. The second-order valence-electron chi connectivity index (χ2n) is 4.88. The summed E-state index contributed by atoms with van der Waals surface area (Å²) in [5, 5.41) is 1.30. The first-order valence-electron chi connectivity index (χ1n) is 6.37. The fourth-order valence-corrected chi connectivity index (χ4v) is 3.47. The second-order valence-corrected chi connectivity index (χ2v) is 5.94. The molecule has 0 spiro atoms. The maximum absolute atomic E-state index is 4.62. The van der Waals surface area contributed by atoms with E-state index in [-0.39, 0.29) is 0 Å². The van der Waals surface area contributed by atoms with E-state index in [1.54, 1.807) is 0 Å². The molecule has 18 heavy (non-hydrogen) atoms. The Morgan fingerprint density at radius 3 is 2.67 bits per heavy atom. The lowest BCUT2D eigenvalue weighted by Crippen LogP contribution is -2.29. The van der Waals surface area contributed by atoms with Crippen molar-refractivity contribution in [3.63, 3.8) is 0 Å². The molecule has 3 heterocycles. The number of hydrogen-bond donors (Lipinski definition) is 0. The third kappa shape index (κ3) is 2.44. The largest absolute Gasteiger partial charge is 0.306 e. The molecule has 1 aliphatic heterocycles. The Balaban J connectivity index is 1.78. The zero-order valence-corrected chi connectivity index (χ0v) is 11.4. The minimum atomic E-state index is 0.654. The Bertz CT molecular complexity index is 501. The summed E-state index contributed by atoms with van der Waals surface area (Å²) in [6, 6.07) is 4.10. The highest BCUT2D eigenvalue weighted by molar-refractivity contribution is 7.15. The van der Waals surface area contributed by atoms with Crippen LogP contribution in [-0.2, 0) is 0 Å². The van der Waals surface area contributed by atoms with E-state index >= 15 is 0 Å². The minimum absolute atomic E-state index is 0.654. The van der Waals surface area contributed by atoms with Gasteiger partial charge >= 0.3 is 0 Å². The second kappa shape index (κ2) is 5.16. The molecule has 1 fully saturated rings. The van der Waals surface area contributed by atoms with Gasteiger partial charge < -0.3 is 4.90 Å². The first-order valence-corrected chi connectivity index (χ1v) is 7.19. The molecule has 3 nitrogen and oxygen atoms in total.